The number of carbonyl (C=O) groups excluding carboxylic acids is 1. The molecule has 1 heterocycles. The first kappa shape index (κ1) is 13.3. The molecule has 2 atom stereocenters. The van der Waals surface area contributed by atoms with Gasteiger partial charge in [0.05, 0.1) is 13.0 Å². The number of carboxylic acid groups (broad SMARTS) is 1. The number of aliphatic carboxylic acids is 1. The number of hydrogen-bond acceptors (Lipinski definition) is 4. The summed E-state index contributed by atoms with van der Waals surface area (Å²) in [5.41, 5.74) is 0.365. The Hall–Kier alpha value is -2.11. The predicted molar refractivity (Wildman–Crippen MR) is 67.0 cm³/mol. The van der Waals surface area contributed by atoms with E-state index in [9.17, 15) is 9.59 Å². The van der Waals surface area contributed by atoms with E-state index >= 15 is 0 Å². The number of aromatic nitrogens is 1. The number of pyridine rings is 1. The van der Waals surface area contributed by atoms with Gasteiger partial charge in [0.2, 0.25) is 5.88 Å². The van der Waals surface area contributed by atoms with Crippen molar-refractivity contribution in [3.8, 4) is 5.88 Å². The molecule has 1 aromatic heterocycles. The number of ether oxygens (including phenoxy) is 1. The molecule has 1 aliphatic carbocycles. The van der Waals surface area contributed by atoms with Gasteiger partial charge >= 0.3 is 5.97 Å². The Morgan fingerprint density at radius 1 is 1.47 bits per heavy atom. The third kappa shape index (κ3) is 3.01. The van der Waals surface area contributed by atoms with Crippen molar-refractivity contribution in [3.05, 3.63) is 23.9 Å². The minimum atomic E-state index is -0.796. The summed E-state index contributed by atoms with van der Waals surface area (Å²) < 4.78 is 5.02. The summed E-state index contributed by atoms with van der Waals surface area (Å²) in [7, 11) is 1.45. The molecule has 1 fully saturated rings. The third-order valence-corrected chi connectivity index (χ3v) is 3.33. The lowest BCUT2D eigenvalue weighted by atomic mass is 10.1. The monoisotopic (exact) mass is 264 g/mol. The molecule has 19 heavy (non-hydrogen) atoms. The van der Waals surface area contributed by atoms with Gasteiger partial charge in [0.25, 0.3) is 5.91 Å². The second kappa shape index (κ2) is 5.69. The normalized spacial score (nSPS) is 21.9. The van der Waals surface area contributed by atoms with Crippen LogP contribution < -0.4 is 10.1 Å². The topological polar surface area (TPSA) is 88.5 Å². The van der Waals surface area contributed by atoms with Crippen molar-refractivity contribution in [2.75, 3.05) is 7.11 Å². The van der Waals surface area contributed by atoms with Gasteiger partial charge in [-0.1, -0.05) is 0 Å². The zero-order chi connectivity index (χ0) is 13.8. The van der Waals surface area contributed by atoms with Crippen molar-refractivity contribution >= 4 is 11.9 Å². The largest absolute Gasteiger partial charge is 0.481 e. The first-order valence-electron chi connectivity index (χ1n) is 6.14. The van der Waals surface area contributed by atoms with Crippen LogP contribution in [0.4, 0.5) is 0 Å². The van der Waals surface area contributed by atoms with Gasteiger partial charge in [0.15, 0.2) is 0 Å². The molecule has 2 N–H and O–H groups in total. The number of rotatable bonds is 4. The molecule has 0 unspecified atom stereocenters. The van der Waals surface area contributed by atoms with E-state index in [1.165, 1.54) is 7.11 Å². The lowest BCUT2D eigenvalue weighted by molar-refractivity contribution is -0.141. The van der Waals surface area contributed by atoms with Gasteiger partial charge < -0.3 is 15.2 Å². The Morgan fingerprint density at radius 3 is 2.89 bits per heavy atom. The number of carbonyl (C=O) groups is 2. The molecule has 2 rings (SSSR count). The van der Waals surface area contributed by atoms with Crippen LogP contribution in [0.15, 0.2) is 18.3 Å². The van der Waals surface area contributed by atoms with Crippen LogP contribution in [-0.2, 0) is 4.79 Å². The Labute approximate surface area is 110 Å². The molecule has 0 spiro atoms. The highest BCUT2D eigenvalue weighted by molar-refractivity contribution is 5.96. The van der Waals surface area contributed by atoms with Crippen LogP contribution in [0.5, 0.6) is 5.88 Å². The van der Waals surface area contributed by atoms with Crippen LogP contribution in [0.25, 0.3) is 0 Å². The zero-order valence-corrected chi connectivity index (χ0v) is 10.6. The van der Waals surface area contributed by atoms with Crippen LogP contribution in [-0.4, -0.2) is 35.1 Å². The molecule has 0 saturated heterocycles. The van der Waals surface area contributed by atoms with Crippen molar-refractivity contribution in [2.24, 2.45) is 5.92 Å². The molecule has 6 heteroatoms. The number of hydrogen-bond donors (Lipinski definition) is 2. The van der Waals surface area contributed by atoms with Gasteiger partial charge in [0.1, 0.15) is 5.56 Å². The highest BCUT2D eigenvalue weighted by Gasteiger charge is 2.31. The number of nitrogens with one attached hydrogen (secondary N) is 1. The highest BCUT2D eigenvalue weighted by atomic mass is 16.5. The molecule has 0 aliphatic heterocycles. The molecule has 1 aliphatic rings. The van der Waals surface area contributed by atoms with Crippen LogP contribution >= 0.6 is 0 Å². The van der Waals surface area contributed by atoms with Crippen LogP contribution in [0, 0.1) is 5.92 Å². The number of amides is 1. The predicted octanol–water partition coefficient (Wildman–Crippen LogP) is 1.07. The van der Waals surface area contributed by atoms with E-state index in [1.54, 1.807) is 18.3 Å². The summed E-state index contributed by atoms with van der Waals surface area (Å²) in [5, 5.41) is 11.8. The van der Waals surface area contributed by atoms with Gasteiger partial charge in [-0.25, -0.2) is 4.98 Å². The molecule has 0 radical (unpaired) electrons. The van der Waals surface area contributed by atoms with E-state index < -0.39 is 5.97 Å². The molecular formula is C13H16N2O4. The second-order valence-corrected chi connectivity index (χ2v) is 4.58. The molecule has 1 aromatic rings. The summed E-state index contributed by atoms with van der Waals surface area (Å²) in [4.78, 5) is 26.9. The average molecular weight is 264 g/mol. The van der Waals surface area contributed by atoms with E-state index in [1.807, 2.05) is 0 Å². The smallest absolute Gasteiger partial charge is 0.306 e. The first-order valence-corrected chi connectivity index (χ1v) is 6.14. The minimum absolute atomic E-state index is 0.0986. The Morgan fingerprint density at radius 2 is 2.26 bits per heavy atom. The molecular weight excluding hydrogens is 248 g/mol. The lowest BCUT2D eigenvalue weighted by Crippen LogP contribution is -2.33. The van der Waals surface area contributed by atoms with Gasteiger partial charge in [-0.05, 0) is 31.4 Å². The van der Waals surface area contributed by atoms with E-state index in [2.05, 4.69) is 10.3 Å². The van der Waals surface area contributed by atoms with E-state index in [0.29, 0.717) is 24.8 Å². The number of methoxy groups -OCH3 is 1. The summed E-state index contributed by atoms with van der Waals surface area (Å²) in [5.74, 6) is -1.16. The number of carboxylic acids is 1. The van der Waals surface area contributed by atoms with Crippen molar-refractivity contribution in [2.45, 2.75) is 25.3 Å². The van der Waals surface area contributed by atoms with E-state index in [0.717, 1.165) is 0 Å². The van der Waals surface area contributed by atoms with Crippen molar-refractivity contribution in [1.82, 2.24) is 10.3 Å². The number of nitrogens with zero attached hydrogens (tertiary/aromatic N) is 1. The lowest BCUT2D eigenvalue weighted by Gasteiger charge is -2.13. The molecule has 0 aromatic carbocycles. The standard InChI is InChI=1S/C13H16N2O4/c1-19-12-10(3-2-6-14-12)11(16)15-9-5-4-8(7-9)13(17)18/h2-3,6,8-9H,4-5,7H2,1H3,(H,15,16)(H,17,18)/t8-,9-/m1/s1. The summed E-state index contributed by atoms with van der Waals surface area (Å²) in [6, 6.07) is 3.19. The fourth-order valence-electron chi connectivity index (χ4n) is 2.33. The Kier molecular flexibility index (Phi) is 3.99. The van der Waals surface area contributed by atoms with E-state index in [4.69, 9.17) is 9.84 Å². The van der Waals surface area contributed by atoms with Crippen LogP contribution in [0.3, 0.4) is 0 Å². The quantitative estimate of drug-likeness (QED) is 0.849. The van der Waals surface area contributed by atoms with Crippen molar-refractivity contribution in [1.29, 1.82) is 0 Å². The Bertz CT molecular complexity index is 489. The van der Waals surface area contributed by atoms with Gasteiger partial charge in [0, 0.05) is 12.2 Å². The third-order valence-electron chi connectivity index (χ3n) is 3.33. The van der Waals surface area contributed by atoms with Crippen LogP contribution in [0.2, 0.25) is 0 Å². The fraction of sp³-hybridized carbons (Fsp3) is 0.462. The maximum absolute atomic E-state index is 12.1. The SMILES string of the molecule is COc1ncccc1C(=O)N[C@@H]1CC[C@@H](C(=O)O)C1. The highest BCUT2D eigenvalue weighted by Crippen LogP contribution is 2.26. The van der Waals surface area contributed by atoms with Gasteiger partial charge in [-0.3, -0.25) is 9.59 Å². The van der Waals surface area contributed by atoms with Gasteiger partial charge in [-0.15, -0.1) is 0 Å². The maximum atomic E-state index is 12.1. The molecule has 1 amide bonds. The molecule has 0 bridgehead atoms. The summed E-state index contributed by atoms with van der Waals surface area (Å²) >= 11 is 0. The van der Waals surface area contributed by atoms with Crippen LogP contribution in [0.1, 0.15) is 29.6 Å². The summed E-state index contributed by atoms with van der Waals surface area (Å²) in [6.07, 6.45) is 3.31. The zero-order valence-electron chi connectivity index (χ0n) is 10.6. The van der Waals surface area contributed by atoms with E-state index in [-0.39, 0.29) is 23.7 Å². The summed E-state index contributed by atoms with van der Waals surface area (Å²) in [6.45, 7) is 0. The minimum Gasteiger partial charge on any atom is -0.481 e. The molecule has 102 valence electrons. The second-order valence-electron chi connectivity index (χ2n) is 4.58. The fourth-order valence-corrected chi connectivity index (χ4v) is 2.33. The van der Waals surface area contributed by atoms with Crippen molar-refractivity contribution < 1.29 is 19.4 Å². The first-order chi connectivity index (χ1) is 9.11. The molecule has 1 saturated carbocycles. The van der Waals surface area contributed by atoms with Crippen molar-refractivity contribution in [3.63, 3.8) is 0 Å². The van der Waals surface area contributed by atoms with Gasteiger partial charge in [-0.2, -0.15) is 0 Å². The maximum Gasteiger partial charge on any atom is 0.306 e. The Balaban J connectivity index is 2.00. The average Bonchev–Trinajstić information content (AvgIpc) is 2.87. The molecule has 6 nitrogen and oxygen atoms in total.